The van der Waals surface area contributed by atoms with E-state index >= 15 is 0 Å². The molecule has 2 rings (SSSR count). The quantitative estimate of drug-likeness (QED) is 0.542. The first-order chi connectivity index (χ1) is 12.2. The van der Waals surface area contributed by atoms with Crippen molar-refractivity contribution in [2.24, 2.45) is 0 Å². The molecule has 1 heterocycles. The molecule has 6 heteroatoms. The molecule has 5 nitrogen and oxygen atoms in total. The highest BCUT2D eigenvalue weighted by Crippen LogP contribution is 2.38. The Hall–Kier alpha value is -2.34. The molecule has 0 N–H and O–H groups in total. The number of ketones is 1. The third kappa shape index (κ3) is 4.25. The average molecular weight is 375 g/mol. The summed E-state index contributed by atoms with van der Waals surface area (Å²) in [5, 5.41) is 0.958. The molecule has 0 aliphatic heterocycles. The molecule has 2 aromatic rings. The lowest BCUT2D eigenvalue weighted by Crippen LogP contribution is -2.10. The van der Waals surface area contributed by atoms with Gasteiger partial charge in [-0.15, -0.1) is 11.3 Å². The Bertz CT molecular complexity index is 806. The van der Waals surface area contributed by atoms with Gasteiger partial charge in [0.05, 0.1) is 36.9 Å². The van der Waals surface area contributed by atoms with E-state index in [-0.39, 0.29) is 11.2 Å². The highest BCUT2D eigenvalue weighted by Gasteiger charge is 2.22. The maximum Gasteiger partial charge on any atom is 0.203 e. The van der Waals surface area contributed by atoms with Crippen molar-refractivity contribution < 1.29 is 19.0 Å². The Kier molecular flexibility index (Phi) is 6.08. The van der Waals surface area contributed by atoms with Crippen LogP contribution in [0.3, 0.4) is 0 Å². The predicted molar refractivity (Wildman–Crippen MR) is 105 cm³/mol. The van der Waals surface area contributed by atoms with Crippen LogP contribution in [0.5, 0.6) is 17.2 Å². The van der Waals surface area contributed by atoms with Crippen LogP contribution in [0.15, 0.2) is 18.2 Å². The molecule has 0 radical (unpaired) electrons. The van der Waals surface area contributed by atoms with Crippen LogP contribution in [0.4, 0.5) is 0 Å². The van der Waals surface area contributed by atoms with Gasteiger partial charge in [-0.1, -0.05) is 26.8 Å². The lowest BCUT2D eigenvalue weighted by atomic mass is 9.98. The number of rotatable bonds is 6. The lowest BCUT2D eigenvalue weighted by molar-refractivity contribution is 0.105. The molecule has 1 aromatic heterocycles. The van der Waals surface area contributed by atoms with Crippen LogP contribution < -0.4 is 14.2 Å². The van der Waals surface area contributed by atoms with E-state index < -0.39 is 0 Å². The second-order valence-electron chi connectivity index (χ2n) is 6.84. The predicted octanol–water partition coefficient (Wildman–Crippen LogP) is 4.67. The number of nitrogens with zero attached hydrogens (tertiary/aromatic N) is 1. The third-order valence-corrected chi connectivity index (χ3v) is 5.37. The van der Waals surface area contributed by atoms with Gasteiger partial charge >= 0.3 is 0 Å². The molecule has 0 aliphatic carbocycles. The number of ether oxygens (including phenoxy) is 3. The molecule has 0 unspecified atom stereocenters. The summed E-state index contributed by atoms with van der Waals surface area (Å²) in [5.74, 6) is 1.54. The highest BCUT2D eigenvalue weighted by molar-refractivity contribution is 7.14. The Morgan fingerprint density at radius 2 is 1.65 bits per heavy atom. The standard InChI is InChI=1S/C20H25NO4S/c1-12-18(26-19(21-12)20(2,3)4)14(22)9-8-13-10-15(23-5)17(25-7)16(11-13)24-6/h8-11H,1-7H3/b9-8+. The number of allylic oxidation sites excluding steroid dienone is 1. The van der Waals surface area contributed by atoms with Crippen LogP contribution in [-0.4, -0.2) is 32.1 Å². The summed E-state index contributed by atoms with van der Waals surface area (Å²) < 4.78 is 16.0. The number of hydrogen-bond donors (Lipinski definition) is 0. The van der Waals surface area contributed by atoms with Crippen molar-refractivity contribution in [2.45, 2.75) is 33.1 Å². The van der Waals surface area contributed by atoms with Gasteiger partial charge in [0.15, 0.2) is 17.3 Å². The first-order valence-electron chi connectivity index (χ1n) is 8.21. The van der Waals surface area contributed by atoms with Crippen molar-refractivity contribution in [3.05, 3.63) is 39.4 Å². The number of aromatic nitrogens is 1. The van der Waals surface area contributed by atoms with Crippen LogP contribution in [0.1, 0.15) is 46.7 Å². The normalized spacial score (nSPS) is 11.7. The number of aryl methyl sites for hydroxylation is 1. The van der Waals surface area contributed by atoms with Gasteiger partial charge in [-0.2, -0.15) is 0 Å². The molecule has 140 valence electrons. The van der Waals surface area contributed by atoms with Gasteiger partial charge in [0.25, 0.3) is 0 Å². The van der Waals surface area contributed by atoms with Crippen molar-refractivity contribution in [2.75, 3.05) is 21.3 Å². The van der Waals surface area contributed by atoms with Gasteiger partial charge in [0.1, 0.15) is 0 Å². The summed E-state index contributed by atoms with van der Waals surface area (Å²) in [6.45, 7) is 8.13. The maximum atomic E-state index is 12.6. The number of carbonyl (C=O) groups excluding carboxylic acids is 1. The molecular formula is C20H25NO4S. The zero-order valence-electron chi connectivity index (χ0n) is 16.3. The second kappa shape index (κ2) is 7.91. The van der Waals surface area contributed by atoms with E-state index in [0.717, 1.165) is 16.3 Å². The third-order valence-electron chi connectivity index (χ3n) is 3.78. The Balaban J connectivity index is 2.32. The van der Waals surface area contributed by atoms with Crippen molar-refractivity contribution in [3.63, 3.8) is 0 Å². The van der Waals surface area contributed by atoms with Crippen molar-refractivity contribution in [1.29, 1.82) is 0 Å². The topological polar surface area (TPSA) is 57.7 Å². The monoisotopic (exact) mass is 375 g/mol. The minimum Gasteiger partial charge on any atom is -0.493 e. The summed E-state index contributed by atoms with van der Waals surface area (Å²) in [7, 11) is 4.67. The fraction of sp³-hybridized carbons (Fsp3) is 0.400. The van der Waals surface area contributed by atoms with E-state index in [1.165, 1.54) is 11.3 Å². The van der Waals surface area contributed by atoms with Gasteiger partial charge in [0.2, 0.25) is 5.75 Å². The lowest BCUT2D eigenvalue weighted by Gasteiger charge is -2.13. The van der Waals surface area contributed by atoms with Crippen molar-refractivity contribution in [3.8, 4) is 17.2 Å². The summed E-state index contributed by atoms with van der Waals surface area (Å²) >= 11 is 1.45. The minimum atomic E-state index is -0.0750. The fourth-order valence-corrected chi connectivity index (χ4v) is 3.44. The molecule has 1 aromatic carbocycles. The molecule has 0 saturated carbocycles. The number of methoxy groups -OCH3 is 3. The number of thiazole rings is 1. The molecule has 0 aliphatic rings. The van der Waals surface area contributed by atoms with Crippen molar-refractivity contribution in [1.82, 2.24) is 4.98 Å². The van der Waals surface area contributed by atoms with E-state index in [1.807, 2.05) is 6.92 Å². The molecule has 0 saturated heterocycles. The molecular weight excluding hydrogens is 350 g/mol. The first kappa shape index (κ1) is 20.0. The Labute approximate surface area is 158 Å². The largest absolute Gasteiger partial charge is 0.493 e. The van der Waals surface area contributed by atoms with Crippen LogP contribution in [0, 0.1) is 6.92 Å². The molecule has 0 bridgehead atoms. The number of benzene rings is 1. The van der Waals surface area contributed by atoms with E-state index in [4.69, 9.17) is 14.2 Å². The second-order valence-corrected chi connectivity index (χ2v) is 7.84. The summed E-state index contributed by atoms with van der Waals surface area (Å²) in [6, 6.07) is 3.59. The number of hydrogen-bond acceptors (Lipinski definition) is 6. The van der Waals surface area contributed by atoms with Crippen molar-refractivity contribution >= 4 is 23.2 Å². The molecule has 0 spiro atoms. The van der Waals surface area contributed by atoms with Crippen LogP contribution in [-0.2, 0) is 5.41 Å². The number of carbonyl (C=O) groups is 1. The highest BCUT2D eigenvalue weighted by atomic mass is 32.1. The van der Waals surface area contributed by atoms with Crippen LogP contribution in [0.2, 0.25) is 0 Å². The smallest absolute Gasteiger partial charge is 0.203 e. The Morgan fingerprint density at radius 3 is 2.08 bits per heavy atom. The zero-order chi connectivity index (χ0) is 19.5. The van der Waals surface area contributed by atoms with E-state index in [9.17, 15) is 4.79 Å². The molecule has 0 atom stereocenters. The summed E-state index contributed by atoms with van der Waals surface area (Å²) in [5.41, 5.74) is 1.47. The molecule has 26 heavy (non-hydrogen) atoms. The van der Waals surface area contributed by atoms with Gasteiger partial charge < -0.3 is 14.2 Å². The van der Waals surface area contributed by atoms with Gasteiger partial charge in [-0.3, -0.25) is 4.79 Å². The Morgan fingerprint density at radius 1 is 1.08 bits per heavy atom. The van der Waals surface area contributed by atoms with Gasteiger partial charge in [0, 0.05) is 5.41 Å². The maximum absolute atomic E-state index is 12.6. The van der Waals surface area contributed by atoms with Crippen LogP contribution in [0.25, 0.3) is 6.08 Å². The molecule has 0 amide bonds. The minimum absolute atomic E-state index is 0.0655. The first-order valence-corrected chi connectivity index (χ1v) is 9.03. The average Bonchev–Trinajstić information content (AvgIpc) is 3.00. The summed E-state index contributed by atoms with van der Waals surface area (Å²) in [6.07, 6.45) is 3.29. The van der Waals surface area contributed by atoms with Gasteiger partial charge in [-0.05, 0) is 30.7 Å². The van der Waals surface area contributed by atoms with Gasteiger partial charge in [-0.25, -0.2) is 4.98 Å². The fourth-order valence-electron chi connectivity index (χ4n) is 2.39. The van der Waals surface area contributed by atoms with E-state index in [0.29, 0.717) is 22.1 Å². The zero-order valence-corrected chi connectivity index (χ0v) is 17.1. The summed E-state index contributed by atoms with van der Waals surface area (Å²) in [4.78, 5) is 17.8. The molecule has 0 fully saturated rings. The van der Waals surface area contributed by atoms with E-state index in [2.05, 4.69) is 25.8 Å². The van der Waals surface area contributed by atoms with E-state index in [1.54, 1.807) is 45.6 Å². The SMILES string of the molecule is COc1cc(/C=C/C(=O)c2sc(C(C)(C)C)nc2C)cc(OC)c1OC. The van der Waals surface area contributed by atoms with Crippen LogP contribution >= 0.6 is 11.3 Å².